The Balaban J connectivity index is 2.21. The van der Waals surface area contributed by atoms with Crippen LogP contribution in [0.1, 0.15) is 22.5 Å². The van der Waals surface area contributed by atoms with Crippen LogP contribution in [-0.4, -0.2) is 9.91 Å². The van der Waals surface area contributed by atoms with Crippen molar-refractivity contribution in [1.82, 2.24) is 4.98 Å². The van der Waals surface area contributed by atoms with Crippen molar-refractivity contribution in [2.75, 3.05) is 0 Å². The van der Waals surface area contributed by atoms with Crippen LogP contribution in [0.4, 0.5) is 5.69 Å². The van der Waals surface area contributed by atoms with E-state index in [2.05, 4.69) is 4.98 Å². The highest BCUT2D eigenvalue weighted by Crippen LogP contribution is 2.23. The molecule has 1 aromatic heterocycles. The maximum Gasteiger partial charge on any atom is 0.272 e. The van der Waals surface area contributed by atoms with E-state index < -0.39 is 4.92 Å². The summed E-state index contributed by atoms with van der Waals surface area (Å²) in [5.41, 5.74) is 8.67. The summed E-state index contributed by atoms with van der Waals surface area (Å²) in [6.07, 6.45) is 0. The molecule has 2 aromatic rings. The van der Waals surface area contributed by atoms with Gasteiger partial charge in [0.2, 0.25) is 0 Å². The van der Waals surface area contributed by atoms with Gasteiger partial charge in [-0.15, -0.1) is 0 Å². The first-order chi connectivity index (χ1) is 10.0. The number of hydrogen-bond acceptors (Lipinski definition) is 5. The summed E-state index contributed by atoms with van der Waals surface area (Å²) >= 11 is 0. The lowest BCUT2D eigenvalue weighted by Crippen LogP contribution is -2.07. The Bertz CT molecular complexity index is 671. The summed E-state index contributed by atoms with van der Waals surface area (Å²) in [6.45, 7) is 4.12. The third-order valence-corrected chi connectivity index (χ3v) is 3.26. The van der Waals surface area contributed by atoms with E-state index in [1.807, 2.05) is 25.1 Å². The topological polar surface area (TPSA) is 91.3 Å². The van der Waals surface area contributed by atoms with Gasteiger partial charge in [0.15, 0.2) is 0 Å². The van der Waals surface area contributed by atoms with E-state index in [-0.39, 0.29) is 18.8 Å². The number of nitro benzene ring substituents is 1. The normalized spacial score (nSPS) is 10.4. The van der Waals surface area contributed by atoms with Crippen molar-refractivity contribution >= 4 is 5.69 Å². The Morgan fingerprint density at radius 1 is 1.29 bits per heavy atom. The summed E-state index contributed by atoms with van der Waals surface area (Å²) in [4.78, 5) is 14.8. The van der Waals surface area contributed by atoms with Gasteiger partial charge < -0.3 is 10.5 Å². The van der Waals surface area contributed by atoms with Gasteiger partial charge in [0.25, 0.3) is 5.69 Å². The molecule has 0 amide bonds. The lowest BCUT2D eigenvalue weighted by Gasteiger charge is -2.12. The number of pyridine rings is 1. The molecular formula is C15H17N3O3. The maximum absolute atomic E-state index is 10.9. The molecule has 21 heavy (non-hydrogen) atoms. The average molecular weight is 287 g/mol. The quantitative estimate of drug-likeness (QED) is 0.674. The van der Waals surface area contributed by atoms with Crippen molar-refractivity contribution in [1.29, 1.82) is 0 Å². The van der Waals surface area contributed by atoms with Crippen LogP contribution in [0.5, 0.6) is 5.75 Å². The molecule has 0 aliphatic heterocycles. The van der Waals surface area contributed by atoms with Crippen molar-refractivity contribution in [2.24, 2.45) is 5.73 Å². The second-order valence-corrected chi connectivity index (χ2v) is 4.71. The van der Waals surface area contributed by atoms with Gasteiger partial charge in [-0.3, -0.25) is 15.1 Å². The molecule has 1 heterocycles. The number of nitro groups is 1. The summed E-state index contributed by atoms with van der Waals surface area (Å²) < 4.78 is 5.72. The minimum absolute atomic E-state index is 0.0946. The summed E-state index contributed by atoms with van der Waals surface area (Å²) in [6, 6.07) is 8.61. The van der Waals surface area contributed by atoms with Crippen LogP contribution >= 0.6 is 0 Å². The van der Waals surface area contributed by atoms with Crippen LogP contribution in [0, 0.1) is 24.0 Å². The molecule has 0 unspecified atom stereocenters. The van der Waals surface area contributed by atoms with Crippen LogP contribution in [0.15, 0.2) is 30.3 Å². The van der Waals surface area contributed by atoms with Crippen molar-refractivity contribution in [3.05, 3.63) is 63.0 Å². The average Bonchev–Trinajstić information content (AvgIpc) is 2.46. The van der Waals surface area contributed by atoms with Crippen LogP contribution in [0.3, 0.4) is 0 Å². The van der Waals surface area contributed by atoms with Gasteiger partial charge in [0.05, 0.1) is 10.6 Å². The largest absolute Gasteiger partial charge is 0.487 e. The molecule has 1 aromatic carbocycles. The number of nitrogens with two attached hydrogens (primary N) is 1. The van der Waals surface area contributed by atoms with E-state index in [1.165, 1.54) is 6.07 Å². The molecule has 0 spiro atoms. The van der Waals surface area contributed by atoms with E-state index >= 15 is 0 Å². The van der Waals surface area contributed by atoms with Gasteiger partial charge in [-0.1, -0.05) is 12.1 Å². The summed E-state index contributed by atoms with van der Waals surface area (Å²) in [5.74, 6) is 0.606. The zero-order chi connectivity index (χ0) is 15.4. The molecule has 0 aliphatic rings. The minimum atomic E-state index is -0.391. The van der Waals surface area contributed by atoms with Crippen molar-refractivity contribution in [3.8, 4) is 5.75 Å². The second-order valence-electron chi connectivity index (χ2n) is 4.71. The number of hydrogen-bond donors (Lipinski definition) is 1. The zero-order valence-electron chi connectivity index (χ0n) is 12.0. The number of ether oxygens (including phenoxy) is 1. The Labute approximate surface area is 122 Å². The molecule has 0 aliphatic carbocycles. The highest BCUT2D eigenvalue weighted by atomic mass is 16.6. The molecular weight excluding hydrogens is 270 g/mol. The van der Waals surface area contributed by atoms with Gasteiger partial charge in [-0.2, -0.15) is 0 Å². The van der Waals surface area contributed by atoms with E-state index in [0.29, 0.717) is 17.0 Å². The summed E-state index contributed by atoms with van der Waals surface area (Å²) in [5, 5.41) is 10.9. The Kier molecular flexibility index (Phi) is 4.49. The number of nitrogens with zero attached hydrogens (tertiary/aromatic N) is 2. The third kappa shape index (κ3) is 3.35. The number of rotatable bonds is 5. The fourth-order valence-electron chi connectivity index (χ4n) is 2.05. The lowest BCUT2D eigenvalue weighted by atomic mass is 10.1. The third-order valence-electron chi connectivity index (χ3n) is 3.26. The van der Waals surface area contributed by atoms with Gasteiger partial charge in [0, 0.05) is 23.9 Å². The van der Waals surface area contributed by atoms with E-state index in [4.69, 9.17) is 10.5 Å². The standard InChI is InChI=1S/C15H17N3O3/c1-10-6-7-15(13(8-16)17-10)21-9-12-4-3-5-14(11(12)2)18(19)20/h3-7H,8-9,16H2,1-2H3. The Hall–Kier alpha value is -2.47. The lowest BCUT2D eigenvalue weighted by molar-refractivity contribution is -0.385. The predicted molar refractivity (Wildman–Crippen MR) is 79.0 cm³/mol. The van der Waals surface area contributed by atoms with E-state index in [9.17, 15) is 10.1 Å². The Morgan fingerprint density at radius 2 is 2.05 bits per heavy atom. The van der Waals surface area contributed by atoms with Crippen molar-refractivity contribution in [3.63, 3.8) is 0 Å². The molecule has 0 bridgehead atoms. The smallest absolute Gasteiger partial charge is 0.272 e. The first kappa shape index (κ1) is 14.9. The SMILES string of the molecule is Cc1ccc(OCc2cccc([N+](=O)[O-])c2C)c(CN)n1. The molecule has 0 atom stereocenters. The minimum Gasteiger partial charge on any atom is -0.487 e. The fourth-order valence-corrected chi connectivity index (χ4v) is 2.05. The molecule has 0 saturated carbocycles. The van der Waals surface area contributed by atoms with Gasteiger partial charge in [-0.05, 0) is 31.5 Å². The number of aromatic nitrogens is 1. The maximum atomic E-state index is 10.9. The molecule has 2 rings (SSSR count). The monoisotopic (exact) mass is 287 g/mol. The molecule has 0 fully saturated rings. The number of benzene rings is 1. The first-order valence-electron chi connectivity index (χ1n) is 6.55. The highest BCUT2D eigenvalue weighted by Gasteiger charge is 2.14. The molecule has 0 saturated heterocycles. The predicted octanol–water partition coefficient (Wildman–Crippen LogP) is 2.64. The molecule has 2 N–H and O–H groups in total. The Morgan fingerprint density at radius 3 is 2.71 bits per heavy atom. The zero-order valence-corrected chi connectivity index (χ0v) is 12.0. The number of aryl methyl sites for hydroxylation is 1. The van der Waals surface area contributed by atoms with Crippen molar-refractivity contribution in [2.45, 2.75) is 27.0 Å². The van der Waals surface area contributed by atoms with Crippen molar-refractivity contribution < 1.29 is 9.66 Å². The molecule has 6 heteroatoms. The van der Waals surface area contributed by atoms with Gasteiger partial charge >= 0.3 is 0 Å². The molecule has 110 valence electrons. The van der Waals surface area contributed by atoms with Gasteiger partial charge in [-0.25, -0.2) is 0 Å². The highest BCUT2D eigenvalue weighted by molar-refractivity contribution is 5.44. The molecule has 6 nitrogen and oxygen atoms in total. The fraction of sp³-hybridized carbons (Fsp3) is 0.267. The second kappa shape index (κ2) is 6.32. The first-order valence-corrected chi connectivity index (χ1v) is 6.55. The van der Waals surface area contributed by atoms with Crippen LogP contribution in [0.2, 0.25) is 0 Å². The van der Waals surface area contributed by atoms with Gasteiger partial charge in [0.1, 0.15) is 12.4 Å². The summed E-state index contributed by atoms with van der Waals surface area (Å²) in [7, 11) is 0. The van der Waals surface area contributed by atoms with E-state index in [1.54, 1.807) is 13.0 Å². The van der Waals surface area contributed by atoms with Crippen LogP contribution in [0.25, 0.3) is 0 Å². The van der Waals surface area contributed by atoms with E-state index in [0.717, 1.165) is 11.3 Å². The van der Waals surface area contributed by atoms with Crippen LogP contribution < -0.4 is 10.5 Å². The van der Waals surface area contributed by atoms with Crippen LogP contribution in [-0.2, 0) is 13.2 Å². The molecule has 0 radical (unpaired) electrons.